The Morgan fingerprint density at radius 2 is 2.18 bits per heavy atom. The first-order chi connectivity index (χ1) is 7.91. The van der Waals surface area contributed by atoms with Gasteiger partial charge in [0.2, 0.25) is 0 Å². The molecule has 0 radical (unpaired) electrons. The zero-order valence-corrected chi connectivity index (χ0v) is 9.22. The Labute approximate surface area is 97.2 Å². The Hall–Kier alpha value is -1.17. The van der Waals surface area contributed by atoms with E-state index in [4.69, 9.17) is 5.73 Å². The molecule has 96 valence electrons. The van der Waals surface area contributed by atoms with E-state index in [9.17, 15) is 18.3 Å². The summed E-state index contributed by atoms with van der Waals surface area (Å²) in [6.45, 7) is 0.185. The Kier molecular flexibility index (Phi) is 3.07. The van der Waals surface area contributed by atoms with Crippen LogP contribution < -0.4 is 11.1 Å². The minimum absolute atomic E-state index is 0.0275. The SMILES string of the molecule is NCC1=CC(O)=C2CCC(C(F)(F)F)CC2N1. The van der Waals surface area contributed by atoms with Gasteiger partial charge in [-0.2, -0.15) is 13.2 Å². The molecule has 0 aromatic carbocycles. The van der Waals surface area contributed by atoms with Crippen LogP contribution in [0, 0.1) is 5.92 Å². The van der Waals surface area contributed by atoms with E-state index in [0.29, 0.717) is 11.3 Å². The van der Waals surface area contributed by atoms with Crippen molar-refractivity contribution in [2.75, 3.05) is 6.54 Å². The molecule has 1 aliphatic carbocycles. The largest absolute Gasteiger partial charge is 0.508 e. The number of alkyl halides is 3. The van der Waals surface area contributed by atoms with Crippen molar-refractivity contribution >= 4 is 0 Å². The third-order valence-corrected chi connectivity index (χ3v) is 3.39. The van der Waals surface area contributed by atoms with Gasteiger partial charge in [0.05, 0.1) is 12.0 Å². The number of nitrogens with two attached hydrogens (primary N) is 1. The van der Waals surface area contributed by atoms with E-state index in [1.807, 2.05) is 0 Å². The molecule has 0 bridgehead atoms. The second-order valence-electron chi connectivity index (χ2n) is 4.49. The smallest absolute Gasteiger partial charge is 0.391 e. The molecule has 2 rings (SSSR count). The van der Waals surface area contributed by atoms with Gasteiger partial charge in [0.15, 0.2) is 0 Å². The number of fused-ring (bicyclic) bond motifs is 1. The van der Waals surface area contributed by atoms with Gasteiger partial charge in [0, 0.05) is 18.3 Å². The summed E-state index contributed by atoms with van der Waals surface area (Å²) < 4.78 is 37.9. The molecule has 0 amide bonds. The topological polar surface area (TPSA) is 58.3 Å². The third-order valence-electron chi connectivity index (χ3n) is 3.39. The van der Waals surface area contributed by atoms with Crippen molar-refractivity contribution < 1.29 is 18.3 Å². The first-order valence-electron chi connectivity index (χ1n) is 5.57. The molecular weight excluding hydrogens is 233 g/mol. The number of aliphatic hydroxyl groups is 1. The second kappa shape index (κ2) is 4.25. The molecule has 0 saturated heterocycles. The minimum atomic E-state index is -4.16. The highest BCUT2D eigenvalue weighted by atomic mass is 19.4. The van der Waals surface area contributed by atoms with Crippen LogP contribution >= 0.6 is 0 Å². The molecule has 1 saturated carbocycles. The van der Waals surface area contributed by atoms with Crippen molar-refractivity contribution in [1.82, 2.24) is 5.32 Å². The predicted molar refractivity (Wildman–Crippen MR) is 57.1 cm³/mol. The zero-order valence-electron chi connectivity index (χ0n) is 9.22. The number of hydrogen-bond acceptors (Lipinski definition) is 3. The van der Waals surface area contributed by atoms with Gasteiger partial charge in [-0.3, -0.25) is 0 Å². The van der Waals surface area contributed by atoms with Crippen LogP contribution in [0.15, 0.2) is 23.1 Å². The fraction of sp³-hybridized carbons (Fsp3) is 0.636. The van der Waals surface area contributed by atoms with E-state index < -0.39 is 18.1 Å². The molecule has 4 N–H and O–H groups in total. The van der Waals surface area contributed by atoms with E-state index in [0.717, 1.165) is 0 Å². The van der Waals surface area contributed by atoms with Gasteiger partial charge in [-0.15, -0.1) is 0 Å². The molecule has 0 aromatic rings. The number of hydrogen-bond donors (Lipinski definition) is 3. The fourth-order valence-electron chi connectivity index (χ4n) is 2.44. The number of dihydropyridines is 1. The summed E-state index contributed by atoms with van der Waals surface area (Å²) in [4.78, 5) is 0. The highest BCUT2D eigenvalue weighted by molar-refractivity contribution is 5.33. The van der Waals surface area contributed by atoms with Gasteiger partial charge < -0.3 is 16.2 Å². The molecule has 0 spiro atoms. The molecule has 2 unspecified atom stereocenters. The average Bonchev–Trinajstić information content (AvgIpc) is 2.27. The van der Waals surface area contributed by atoms with Gasteiger partial charge in [-0.1, -0.05) is 0 Å². The van der Waals surface area contributed by atoms with Crippen LogP contribution in [0.3, 0.4) is 0 Å². The van der Waals surface area contributed by atoms with Crippen LogP contribution in [0.1, 0.15) is 19.3 Å². The molecule has 2 atom stereocenters. The van der Waals surface area contributed by atoms with E-state index in [2.05, 4.69) is 5.32 Å². The van der Waals surface area contributed by atoms with Crippen LogP contribution in [-0.4, -0.2) is 23.9 Å². The van der Waals surface area contributed by atoms with Crippen molar-refractivity contribution in [3.63, 3.8) is 0 Å². The number of halogens is 3. The quantitative estimate of drug-likeness (QED) is 0.665. The van der Waals surface area contributed by atoms with E-state index >= 15 is 0 Å². The number of rotatable bonds is 1. The second-order valence-corrected chi connectivity index (χ2v) is 4.49. The Morgan fingerprint density at radius 3 is 2.76 bits per heavy atom. The van der Waals surface area contributed by atoms with E-state index in [1.54, 1.807) is 0 Å². The Morgan fingerprint density at radius 1 is 1.47 bits per heavy atom. The van der Waals surface area contributed by atoms with Crippen LogP contribution in [-0.2, 0) is 0 Å². The van der Waals surface area contributed by atoms with Crippen molar-refractivity contribution in [2.24, 2.45) is 11.7 Å². The first-order valence-corrected chi connectivity index (χ1v) is 5.57. The lowest BCUT2D eigenvalue weighted by Gasteiger charge is -2.36. The molecule has 6 heteroatoms. The zero-order chi connectivity index (χ0) is 12.6. The number of nitrogens with one attached hydrogen (secondary N) is 1. The van der Waals surface area contributed by atoms with Crippen LogP contribution in [0.4, 0.5) is 13.2 Å². The molecular formula is C11H15F3N2O. The van der Waals surface area contributed by atoms with Gasteiger partial charge >= 0.3 is 6.18 Å². The molecule has 1 aliphatic heterocycles. The van der Waals surface area contributed by atoms with Crippen molar-refractivity contribution in [3.05, 3.63) is 23.1 Å². The van der Waals surface area contributed by atoms with Gasteiger partial charge in [0.25, 0.3) is 0 Å². The van der Waals surface area contributed by atoms with Gasteiger partial charge in [0.1, 0.15) is 5.76 Å². The maximum Gasteiger partial charge on any atom is 0.391 e. The lowest BCUT2D eigenvalue weighted by molar-refractivity contribution is -0.181. The van der Waals surface area contributed by atoms with Crippen molar-refractivity contribution in [1.29, 1.82) is 0 Å². The summed E-state index contributed by atoms with van der Waals surface area (Å²) >= 11 is 0. The first kappa shape index (κ1) is 12.3. The predicted octanol–water partition coefficient (Wildman–Crippen LogP) is 1.98. The fourth-order valence-corrected chi connectivity index (χ4v) is 2.44. The molecule has 17 heavy (non-hydrogen) atoms. The molecule has 2 aliphatic rings. The lowest BCUT2D eigenvalue weighted by atomic mass is 9.80. The normalized spacial score (nSPS) is 29.5. The summed E-state index contributed by atoms with van der Waals surface area (Å²) in [5.74, 6) is -1.22. The van der Waals surface area contributed by atoms with Crippen molar-refractivity contribution in [2.45, 2.75) is 31.5 Å². The van der Waals surface area contributed by atoms with Crippen LogP contribution in [0.5, 0.6) is 0 Å². The van der Waals surface area contributed by atoms with Crippen LogP contribution in [0.25, 0.3) is 0 Å². The third kappa shape index (κ3) is 2.41. The standard InChI is InChI=1S/C11H15F3N2O/c12-11(13,14)6-1-2-8-9(3-6)16-7(5-15)4-10(8)17/h4,6,9,16-17H,1-3,5,15H2. The number of aliphatic hydroxyl groups excluding tert-OH is 1. The maximum atomic E-state index is 12.6. The highest BCUT2D eigenvalue weighted by Gasteiger charge is 2.44. The monoisotopic (exact) mass is 248 g/mol. The molecule has 1 fully saturated rings. The van der Waals surface area contributed by atoms with E-state index in [-0.39, 0.29) is 31.6 Å². The summed E-state index contributed by atoms with van der Waals surface area (Å²) in [5.41, 5.74) is 6.67. The number of allylic oxidation sites excluding steroid dienone is 1. The summed E-state index contributed by atoms with van der Waals surface area (Å²) in [6, 6.07) is -0.432. The molecule has 1 heterocycles. The summed E-state index contributed by atoms with van der Waals surface area (Å²) in [5, 5.41) is 12.7. The molecule has 0 aromatic heterocycles. The van der Waals surface area contributed by atoms with Crippen molar-refractivity contribution in [3.8, 4) is 0 Å². The highest BCUT2D eigenvalue weighted by Crippen LogP contribution is 2.41. The summed E-state index contributed by atoms with van der Waals surface area (Å²) in [7, 11) is 0. The maximum absolute atomic E-state index is 12.6. The summed E-state index contributed by atoms with van der Waals surface area (Å²) in [6.07, 6.45) is -2.36. The Bertz CT molecular complexity index is 373. The van der Waals surface area contributed by atoms with E-state index in [1.165, 1.54) is 6.08 Å². The Balaban J connectivity index is 2.17. The average molecular weight is 248 g/mol. The van der Waals surface area contributed by atoms with Gasteiger partial charge in [-0.25, -0.2) is 0 Å². The van der Waals surface area contributed by atoms with Crippen LogP contribution in [0.2, 0.25) is 0 Å². The lowest BCUT2D eigenvalue weighted by Crippen LogP contribution is -2.43. The molecule has 3 nitrogen and oxygen atoms in total. The van der Waals surface area contributed by atoms with Gasteiger partial charge in [-0.05, 0) is 24.8 Å². The minimum Gasteiger partial charge on any atom is -0.508 e.